The standard InChI is InChI=1S/C25H39N3O/c1-3-4-13-26(2)25(29)22-10-7-14-28(19-22)23-11-15-27(16-12-23)24-17-20-8-5-6-9-21(20)18-24/h5-6,8-9,22-24H,3-4,7,10-19H2,1-2H3/t22-/m1/s1. The van der Waals surface area contributed by atoms with Crippen LogP contribution in [0.5, 0.6) is 0 Å². The first-order valence-electron chi connectivity index (χ1n) is 12.0. The van der Waals surface area contributed by atoms with Gasteiger partial charge in [0.05, 0.1) is 5.92 Å². The number of likely N-dealkylation sites (tertiary alicyclic amines) is 2. The lowest BCUT2D eigenvalue weighted by Gasteiger charge is -2.43. The molecular weight excluding hydrogens is 358 g/mol. The zero-order chi connectivity index (χ0) is 20.2. The van der Waals surface area contributed by atoms with E-state index in [1.165, 1.54) is 51.7 Å². The Hall–Kier alpha value is -1.39. The van der Waals surface area contributed by atoms with Crippen LogP contribution in [0, 0.1) is 5.92 Å². The zero-order valence-corrected chi connectivity index (χ0v) is 18.5. The molecule has 0 bridgehead atoms. The lowest BCUT2D eigenvalue weighted by Crippen LogP contribution is -2.52. The second-order valence-corrected chi connectivity index (χ2v) is 9.55. The quantitative estimate of drug-likeness (QED) is 0.734. The molecule has 160 valence electrons. The minimum Gasteiger partial charge on any atom is -0.345 e. The van der Waals surface area contributed by atoms with Crippen LogP contribution in [0.15, 0.2) is 24.3 Å². The lowest BCUT2D eigenvalue weighted by atomic mass is 9.92. The van der Waals surface area contributed by atoms with Crippen molar-refractivity contribution >= 4 is 5.91 Å². The van der Waals surface area contributed by atoms with Crippen molar-refractivity contribution in [3.8, 4) is 0 Å². The molecule has 4 heteroatoms. The topological polar surface area (TPSA) is 26.8 Å². The molecule has 1 atom stereocenters. The summed E-state index contributed by atoms with van der Waals surface area (Å²) in [4.78, 5) is 20.2. The number of piperidine rings is 2. The van der Waals surface area contributed by atoms with Crippen LogP contribution in [-0.4, -0.2) is 72.5 Å². The van der Waals surface area contributed by atoms with Crippen molar-refractivity contribution in [1.29, 1.82) is 0 Å². The lowest BCUT2D eigenvalue weighted by molar-refractivity contribution is -0.136. The van der Waals surface area contributed by atoms with Crippen LogP contribution in [0.25, 0.3) is 0 Å². The summed E-state index contributed by atoms with van der Waals surface area (Å²) >= 11 is 0. The Bertz CT molecular complexity index is 657. The van der Waals surface area contributed by atoms with E-state index in [1.54, 1.807) is 11.1 Å². The van der Waals surface area contributed by atoms with Gasteiger partial charge in [-0.2, -0.15) is 0 Å². The number of hydrogen-bond donors (Lipinski definition) is 0. The summed E-state index contributed by atoms with van der Waals surface area (Å²) in [6.45, 7) is 7.70. The second kappa shape index (κ2) is 9.61. The van der Waals surface area contributed by atoms with E-state index in [2.05, 4.69) is 41.0 Å². The molecular formula is C25H39N3O. The number of fused-ring (bicyclic) bond motifs is 1. The molecule has 2 heterocycles. The first-order valence-corrected chi connectivity index (χ1v) is 12.0. The van der Waals surface area contributed by atoms with Gasteiger partial charge in [-0.05, 0) is 75.7 Å². The third-order valence-corrected chi connectivity index (χ3v) is 7.59. The third-order valence-electron chi connectivity index (χ3n) is 7.59. The number of carbonyl (C=O) groups is 1. The average Bonchev–Trinajstić information content (AvgIpc) is 3.21. The van der Waals surface area contributed by atoms with Crippen molar-refractivity contribution in [3.63, 3.8) is 0 Å². The Kier molecular flexibility index (Phi) is 6.92. The van der Waals surface area contributed by atoms with Gasteiger partial charge in [-0.1, -0.05) is 37.6 Å². The van der Waals surface area contributed by atoms with E-state index in [1.807, 2.05) is 11.9 Å². The van der Waals surface area contributed by atoms with Gasteiger partial charge in [-0.25, -0.2) is 0 Å². The molecule has 4 rings (SSSR count). The van der Waals surface area contributed by atoms with Crippen LogP contribution in [-0.2, 0) is 17.6 Å². The second-order valence-electron chi connectivity index (χ2n) is 9.55. The molecule has 1 amide bonds. The van der Waals surface area contributed by atoms with Crippen molar-refractivity contribution in [2.75, 3.05) is 39.8 Å². The van der Waals surface area contributed by atoms with Crippen LogP contribution in [0.1, 0.15) is 56.6 Å². The summed E-state index contributed by atoms with van der Waals surface area (Å²) in [5.41, 5.74) is 3.12. The van der Waals surface area contributed by atoms with Crippen molar-refractivity contribution < 1.29 is 4.79 Å². The Morgan fingerprint density at radius 2 is 1.69 bits per heavy atom. The van der Waals surface area contributed by atoms with E-state index in [9.17, 15) is 4.79 Å². The maximum atomic E-state index is 12.9. The van der Waals surface area contributed by atoms with Crippen molar-refractivity contribution in [2.45, 2.75) is 70.4 Å². The molecule has 3 aliphatic rings. The Balaban J connectivity index is 1.26. The largest absolute Gasteiger partial charge is 0.345 e. The van der Waals surface area contributed by atoms with E-state index in [-0.39, 0.29) is 5.92 Å². The highest BCUT2D eigenvalue weighted by Gasteiger charge is 2.35. The fourth-order valence-electron chi connectivity index (χ4n) is 5.77. The Labute approximate surface area is 177 Å². The monoisotopic (exact) mass is 397 g/mol. The maximum absolute atomic E-state index is 12.9. The minimum absolute atomic E-state index is 0.216. The molecule has 0 N–H and O–H groups in total. The number of rotatable bonds is 6. The predicted molar refractivity (Wildman–Crippen MR) is 119 cm³/mol. The van der Waals surface area contributed by atoms with Gasteiger partial charge in [0.25, 0.3) is 0 Å². The first kappa shape index (κ1) is 20.9. The highest BCUT2D eigenvalue weighted by molar-refractivity contribution is 5.78. The van der Waals surface area contributed by atoms with Gasteiger partial charge >= 0.3 is 0 Å². The van der Waals surface area contributed by atoms with Gasteiger partial charge < -0.3 is 4.90 Å². The molecule has 29 heavy (non-hydrogen) atoms. The van der Waals surface area contributed by atoms with Crippen molar-refractivity contribution in [1.82, 2.24) is 14.7 Å². The van der Waals surface area contributed by atoms with Crippen LogP contribution in [0.2, 0.25) is 0 Å². The van der Waals surface area contributed by atoms with Crippen LogP contribution in [0.4, 0.5) is 0 Å². The predicted octanol–water partition coefficient (Wildman–Crippen LogP) is 3.59. The number of benzene rings is 1. The summed E-state index contributed by atoms with van der Waals surface area (Å²) < 4.78 is 0. The normalized spacial score (nSPS) is 24.6. The SMILES string of the molecule is CCCCN(C)C(=O)[C@@H]1CCCN(C2CCN(C3Cc4ccccc4C3)CC2)C1. The van der Waals surface area contributed by atoms with E-state index in [4.69, 9.17) is 0 Å². The molecule has 0 unspecified atom stereocenters. The highest BCUT2D eigenvalue weighted by Crippen LogP contribution is 2.30. The maximum Gasteiger partial charge on any atom is 0.226 e. The summed E-state index contributed by atoms with van der Waals surface area (Å²) in [7, 11) is 2.00. The fourth-order valence-corrected chi connectivity index (χ4v) is 5.77. The number of carbonyl (C=O) groups excluding carboxylic acids is 1. The first-order chi connectivity index (χ1) is 14.2. The van der Waals surface area contributed by atoms with Gasteiger partial charge in [0.15, 0.2) is 0 Å². The summed E-state index contributed by atoms with van der Waals surface area (Å²) in [6, 6.07) is 10.4. The smallest absolute Gasteiger partial charge is 0.226 e. The zero-order valence-electron chi connectivity index (χ0n) is 18.5. The Morgan fingerprint density at radius 1 is 1.00 bits per heavy atom. The summed E-state index contributed by atoms with van der Waals surface area (Å²) in [5.74, 6) is 0.595. The molecule has 2 aliphatic heterocycles. The van der Waals surface area contributed by atoms with E-state index < -0.39 is 0 Å². The van der Waals surface area contributed by atoms with E-state index in [0.29, 0.717) is 18.0 Å². The fraction of sp³-hybridized carbons (Fsp3) is 0.720. The highest BCUT2D eigenvalue weighted by atomic mass is 16.2. The number of nitrogens with zero attached hydrogens (tertiary/aromatic N) is 3. The van der Waals surface area contributed by atoms with Gasteiger partial charge in [0.2, 0.25) is 5.91 Å². The van der Waals surface area contributed by atoms with Crippen molar-refractivity contribution in [2.24, 2.45) is 5.92 Å². The van der Waals surface area contributed by atoms with E-state index in [0.717, 1.165) is 32.4 Å². The van der Waals surface area contributed by atoms with Gasteiger partial charge in [0.1, 0.15) is 0 Å². The van der Waals surface area contributed by atoms with Crippen LogP contribution >= 0.6 is 0 Å². The molecule has 1 aromatic carbocycles. The molecule has 0 saturated carbocycles. The molecule has 2 fully saturated rings. The molecule has 0 spiro atoms. The summed E-state index contributed by atoms with van der Waals surface area (Å²) in [6.07, 6.45) is 9.50. The molecule has 4 nitrogen and oxygen atoms in total. The molecule has 1 aliphatic carbocycles. The minimum atomic E-state index is 0.216. The van der Waals surface area contributed by atoms with Gasteiger partial charge in [0, 0.05) is 32.2 Å². The number of amides is 1. The molecule has 1 aromatic rings. The average molecular weight is 398 g/mol. The van der Waals surface area contributed by atoms with Gasteiger partial charge in [-0.15, -0.1) is 0 Å². The molecule has 0 radical (unpaired) electrons. The third kappa shape index (κ3) is 4.86. The van der Waals surface area contributed by atoms with E-state index >= 15 is 0 Å². The molecule has 2 saturated heterocycles. The van der Waals surface area contributed by atoms with Crippen LogP contribution in [0.3, 0.4) is 0 Å². The number of hydrogen-bond acceptors (Lipinski definition) is 3. The molecule has 0 aromatic heterocycles. The van der Waals surface area contributed by atoms with Gasteiger partial charge in [-0.3, -0.25) is 14.6 Å². The van der Waals surface area contributed by atoms with Crippen LogP contribution < -0.4 is 0 Å². The summed E-state index contributed by atoms with van der Waals surface area (Å²) in [5, 5.41) is 0. The van der Waals surface area contributed by atoms with Crippen molar-refractivity contribution in [3.05, 3.63) is 35.4 Å². The Morgan fingerprint density at radius 3 is 2.34 bits per heavy atom. The number of unbranched alkanes of at least 4 members (excludes halogenated alkanes) is 1.